The van der Waals surface area contributed by atoms with Crippen LogP contribution in [0.3, 0.4) is 0 Å². The Hall–Kier alpha value is -3.82. The number of amides is 4. The second-order valence-electron chi connectivity index (χ2n) is 9.08. The molecule has 2 aromatic rings. The third-order valence-electron chi connectivity index (χ3n) is 6.00. The van der Waals surface area contributed by atoms with Crippen molar-refractivity contribution in [2.45, 2.75) is 45.7 Å². The Morgan fingerprint density at radius 3 is 2.60 bits per heavy atom. The van der Waals surface area contributed by atoms with E-state index in [0.717, 1.165) is 5.39 Å². The topological polar surface area (TPSA) is 146 Å². The zero-order chi connectivity index (χ0) is 25.5. The fourth-order valence-electron chi connectivity index (χ4n) is 4.06. The van der Waals surface area contributed by atoms with Crippen molar-refractivity contribution in [2.75, 3.05) is 13.1 Å². The van der Waals surface area contributed by atoms with Crippen molar-refractivity contribution >= 4 is 40.8 Å². The van der Waals surface area contributed by atoms with Crippen molar-refractivity contribution in [2.24, 2.45) is 11.8 Å². The number of nitrogens with one attached hydrogen (secondary N) is 4. The first-order valence-corrected chi connectivity index (χ1v) is 11.7. The Bertz CT molecular complexity index is 1130. The van der Waals surface area contributed by atoms with Gasteiger partial charge in [-0.05, 0) is 43.4 Å². The Kier molecular flexibility index (Phi) is 8.51. The summed E-state index contributed by atoms with van der Waals surface area (Å²) in [4.78, 5) is 65.5. The summed E-state index contributed by atoms with van der Waals surface area (Å²) in [5.74, 6) is -2.29. The Morgan fingerprint density at radius 2 is 1.94 bits per heavy atom. The van der Waals surface area contributed by atoms with E-state index in [9.17, 15) is 24.0 Å². The van der Waals surface area contributed by atoms with Crippen LogP contribution in [0.1, 0.15) is 42.7 Å². The molecule has 0 spiro atoms. The average Bonchev–Trinajstić information content (AvgIpc) is 3.23. The highest BCUT2D eigenvalue weighted by Gasteiger charge is 2.29. The summed E-state index contributed by atoms with van der Waals surface area (Å²) in [6, 6.07) is 7.58. The number of rotatable bonds is 10. The number of aromatic nitrogens is 1. The maximum Gasteiger partial charge on any atom is 0.270 e. The molecular formula is C25H31N5O5. The lowest BCUT2D eigenvalue weighted by atomic mass is 9.99. The molecule has 186 valence electrons. The summed E-state index contributed by atoms with van der Waals surface area (Å²) in [5.41, 5.74) is 1.58. The van der Waals surface area contributed by atoms with Crippen LogP contribution in [0.25, 0.3) is 10.9 Å². The maximum absolute atomic E-state index is 12.9. The molecule has 0 bridgehead atoms. The SMILES string of the molecule is Cc1cc2ccccc2nc1C(=O)N[C@H](C(=O)NCC(=O)N[C@H](C=O)C[C@@H]1CCNC1=O)C(C)C. The molecule has 0 aliphatic carbocycles. The number of para-hydroxylation sites is 1. The van der Waals surface area contributed by atoms with Crippen molar-refractivity contribution < 1.29 is 24.0 Å². The minimum absolute atomic E-state index is 0.133. The van der Waals surface area contributed by atoms with Gasteiger partial charge in [-0.2, -0.15) is 0 Å². The van der Waals surface area contributed by atoms with Crippen LogP contribution in [0.2, 0.25) is 0 Å². The van der Waals surface area contributed by atoms with Crippen LogP contribution in [0, 0.1) is 18.8 Å². The van der Waals surface area contributed by atoms with Gasteiger partial charge in [-0.1, -0.05) is 32.0 Å². The van der Waals surface area contributed by atoms with Crippen LogP contribution >= 0.6 is 0 Å². The minimum Gasteiger partial charge on any atom is -0.356 e. The largest absolute Gasteiger partial charge is 0.356 e. The highest BCUT2D eigenvalue weighted by Crippen LogP contribution is 2.17. The lowest BCUT2D eigenvalue weighted by Gasteiger charge is -2.22. The Balaban J connectivity index is 1.57. The molecule has 1 saturated heterocycles. The predicted molar refractivity (Wildman–Crippen MR) is 129 cm³/mol. The lowest BCUT2D eigenvalue weighted by Crippen LogP contribution is -2.52. The molecule has 2 heterocycles. The van der Waals surface area contributed by atoms with Crippen molar-refractivity contribution in [3.05, 3.63) is 41.6 Å². The van der Waals surface area contributed by atoms with Gasteiger partial charge in [0.05, 0.1) is 18.1 Å². The van der Waals surface area contributed by atoms with E-state index in [2.05, 4.69) is 26.3 Å². The number of aryl methyl sites for hydroxylation is 1. The average molecular weight is 482 g/mol. The first-order chi connectivity index (χ1) is 16.7. The van der Waals surface area contributed by atoms with Crippen LogP contribution in [0.5, 0.6) is 0 Å². The zero-order valence-electron chi connectivity index (χ0n) is 20.1. The Morgan fingerprint density at radius 1 is 1.20 bits per heavy atom. The van der Waals surface area contributed by atoms with Gasteiger partial charge in [0.15, 0.2) is 0 Å². The van der Waals surface area contributed by atoms with Gasteiger partial charge in [0, 0.05) is 17.8 Å². The molecule has 0 unspecified atom stereocenters. The van der Waals surface area contributed by atoms with Gasteiger partial charge in [-0.15, -0.1) is 0 Å². The number of hydrogen-bond donors (Lipinski definition) is 4. The fourth-order valence-corrected chi connectivity index (χ4v) is 4.06. The number of aldehydes is 1. The van der Waals surface area contributed by atoms with E-state index in [4.69, 9.17) is 0 Å². The quantitative estimate of drug-likeness (QED) is 0.366. The molecule has 1 aliphatic rings. The summed E-state index contributed by atoms with van der Waals surface area (Å²) >= 11 is 0. The smallest absolute Gasteiger partial charge is 0.270 e. The van der Waals surface area contributed by atoms with Crippen LogP contribution in [-0.2, 0) is 19.2 Å². The second-order valence-corrected chi connectivity index (χ2v) is 9.08. The third-order valence-corrected chi connectivity index (χ3v) is 6.00. The third kappa shape index (κ3) is 6.62. The molecule has 0 saturated carbocycles. The first-order valence-electron chi connectivity index (χ1n) is 11.7. The van der Waals surface area contributed by atoms with Crippen molar-refractivity contribution in [1.82, 2.24) is 26.3 Å². The summed E-state index contributed by atoms with van der Waals surface area (Å²) in [6.45, 7) is 5.52. The van der Waals surface area contributed by atoms with Gasteiger partial charge < -0.3 is 26.1 Å². The van der Waals surface area contributed by atoms with E-state index < -0.39 is 29.8 Å². The summed E-state index contributed by atoms with van der Waals surface area (Å²) in [7, 11) is 0. The first kappa shape index (κ1) is 25.8. The number of fused-ring (bicyclic) bond motifs is 1. The molecule has 4 N–H and O–H groups in total. The van der Waals surface area contributed by atoms with Crippen molar-refractivity contribution in [3.63, 3.8) is 0 Å². The van der Waals surface area contributed by atoms with E-state index in [1.165, 1.54) is 0 Å². The number of nitrogens with zero attached hydrogens (tertiary/aromatic N) is 1. The molecule has 0 radical (unpaired) electrons. The molecule has 1 aromatic heterocycles. The normalized spacial score (nSPS) is 16.9. The molecule has 4 amide bonds. The van der Waals surface area contributed by atoms with E-state index in [1.54, 1.807) is 20.8 Å². The molecule has 3 rings (SSSR count). The molecule has 1 fully saturated rings. The van der Waals surface area contributed by atoms with E-state index in [1.807, 2.05) is 30.3 Å². The number of carbonyl (C=O) groups excluding carboxylic acids is 5. The van der Waals surface area contributed by atoms with Crippen LogP contribution in [-0.4, -0.2) is 60.1 Å². The van der Waals surface area contributed by atoms with Gasteiger partial charge >= 0.3 is 0 Å². The summed E-state index contributed by atoms with van der Waals surface area (Å²) in [5, 5.41) is 11.4. The highest BCUT2D eigenvalue weighted by atomic mass is 16.2. The highest BCUT2D eigenvalue weighted by molar-refractivity contribution is 5.99. The maximum atomic E-state index is 12.9. The number of pyridine rings is 1. The molecule has 1 aliphatic heterocycles. The monoisotopic (exact) mass is 481 g/mol. The number of hydrogen-bond acceptors (Lipinski definition) is 6. The van der Waals surface area contributed by atoms with Crippen LogP contribution in [0.15, 0.2) is 30.3 Å². The molecule has 10 heteroatoms. The standard InChI is InChI=1S/C25H31N5O5/c1-14(2)21(30-25(35)22-15(3)10-16-6-4-5-7-19(16)29-22)24(34)27-12-20(32)28-18(13-31)11-17-8-9-26-23(17)33/h4-7,10,13-14,17-18,21H,8-9,11-12H2,1-3H3,(H,26,33)(H,27,34)(H,28,32)(H,30,35)/t17-,18-,21-/m0/s1. The molecule has 35 heavy (non-hydrogen) atoms. The fraction of sp³-hybridized carbons (Fsp3) is 0.440. The minimum atomic E-state index is -0.896. The van der Waals surface area contributed by atoms with Crippen LogP contribution < -0.4 is 21.3 Å². The van der Waals surface area contributed by atoms with Crippen molar-refractivity contribution in [3.8, 4) is 0 Å². The summed E-state index contributed by atoms with van der Waals surface area (Å²) in [6.07, 6.45) is 1.40. The molecular weight excluding hydrogens is 450 g/mol. The van der Waals surface area contributed by atoms with Gasteiger partial charge in [-0.3, -0.25) is 19.2 Å². The molecule has 3 atom stereocenters. The lowest BCUT2D eigenvalue weighted by molar-refractivity contribution is -0.128. The van der Waals surface area contributed by atoms with Crippen molar-refractivity contribution in [1.29, 1.82) is 0 Å². The van der Waals surface area contributed by atoms with E-state index in [0.29, 0.717) is 30.3 Å². The zero-order valence-corrected chi connectivity index (χ0v) is 20.1. The molecule has 10 nitrogen and oxygen atoms in total. The van der Waals surface area contributed by atoms with Gasteiger partial charge in [0.25, 0.3) is 5.91 Å². The van der Waals surface area contributed by atoms with E-state index >= 15 is 0 Å². The predicted octanol–water partition coefficient (Wildman–Crippen LogP) is 0.624. The molecule has 1 aromatic carbocycles. The summed E-state index contributed by atoms with van der Waals surface area (Å²) < 4.78 is 0. The van der Waals surface area contributed by atoms with Gasteiger partial charge in [0.1, 0.15) is 18.0 Å². The van der Waals surface area contributed by atoms with E-state index in [-0.39, 0.29) is 36.4 Å². The van der Waals surface area contributed by atoms with Crippen LogP contribution in [0.4, 0.5) is 0 Å². The Labute approximate surface area is 203 Å². The van der Waals surface area contributed by atoms with Gasteiger partial charge in [0.2, 0.25) is 17.7 Å². The van der Waals surface area contributed by atoms with Gasteiger partial charge in [-0.25, -0.2) is 4.98 Å². The number of carbonyl (C=O) groups is 5. The number of benzene rings is 1. The second kappa shape index (κ2) is 11.5.